The predicted molar refractivity (Wildman–Crippen MR) is 88.4 cm³/mol. The van der Waals surface area contributed by atoms with Crippen LogP contribution in [-0.4, -0.2) is 44.2 Å². The van der Waals surface area contributed by atoms with Crippen molar-refractivity contribution in [2.45, 2.75) is 39.0 Å². The van der Waals surface area contributed by atoms with Gasteiger partial charge in [-0.05, 0) is 69.5 Å². The summed E-state index contributed by atoms with van der Waals surface area (Å²) in [4.78, 5) is 5.02. The van der Waals surface area contributed by atoms with Crippen LogP contribution in [0.5, 0.6) is 5.75 Å². The van der Waals surface area contributed by atoms with Crippen molar-refractivity contribution in [2.24, 2.45) is 0 Å². The van der Waals surface area contributed by atoms with Crippen molar-refractivity contribution < 1.29 is 4.74 Å². The van der Waals surface area contributed by atoms with Crippen LogP contribution in [0.25, 0.3) is 0 Å². The van der Waals surface area contributed by atoms with Crippen LogP contribution in [0.1, 0.15) is 38.2 Å². The van der Waals surface area contributed by atoms with Gasteiger partial charge >= 0.3 is 0 Å². The van der Waals surface area contributed by atoms with Crippen molar-refractivity contribution in [3.8, 4) is 5.75 Å². The maximum Gasteiger partial charge on any atom is 0.119 e. The first-order valence-corrected chi connectivity index (χ1v) is 8.60. The van der Waals surface area contributed by atoms with Gasteiger partial charge in [-0.1, -0.05) is 6.42 Å². The van der Waals surface area contributed by atoms with Gasteiger partial charge in [0, 0.05) is 25.3 Å². The van der Waals surface area contributed by atoms with Gasteiger partial charge in [0.25, 0.3) is 0 Å². The first-order valence-electron chi connectivity index (χ1n) is 8.60. The monoisotopic (exact) mass is 288 g/mol. The van der Waals surface area contributed by atoms with Crippen molar-refractivity contribution in [1.29, 1.82) is 0 Å². The third kappa shape index (κ3) is 3.70. The van der Waals surface area contributed by atoms with Crippen LogP contribution in [0.2, 0.25) is 0 Å². The van der Waals surface area contributed by atoms with Crippen LogP contribution in [0, 0.1) is 0 Å². The highest BCUT2D eigenvalue weighted by molar-refractivity contribution is 5.60. The van der Waals surface area contributed by atoms with Crippen molar-refractivity contribution in [2.75, 3.05) is 44.2 Å². The molecule has 0 aromatic heterocycles. The topological polar surface area (TPSA) is 15.7 Å². The molecule has 2 heterocycles. The zero-order valence-electron chi connectivity index (χ0n) is 13.3. The average Bonchev–Trinajstić information content (AvgIpc) is 2.95. The van der Waals surface area contributed by atoms with E-state index >= 15 is 0 Å². The van der Waals surface area contributed by atoms with E-state index in [1.54, 1.807) is 0 Å². The third-order valence-electron chi connectivity index (χ3n) is 4.76. The largest absolute Gasteiger partial charge is 0.494 e. The molecule has 0 aliphatic carbocycles. The lowest BCUT2D eigenvalue weighted by Gasteiger charge is -2.26. The highest BCUT2D eigenvalue weighted by Crippen LogP contribution is 2.30. The number of fused-ring (bicyclic) bond motifs is 1. The zero-order chi connectivity index (χ0) is 14.5. The van der Waals surface area contributed by atoms with Crippen LogP contribution in [0.4, 0.5) is 5.69 Å². The number of likely N-dealkylation sites (tertiary alicyclic amines) is 1. The minimum absolute atomic E-state index is 0.840. The fourth-order valence-electron chi connectivity index (χ4n) is 3.53. The molecule has 0 amide bonds. The van der Waals surface area contributed by atoms with E-state index in [1.165, 1.54) is 50.1 Å². The first-order chi connectivity index (χ1) is 10.4. The SMILES string of the molecule is CCN1CCc2cc(OCCCN3CCCCC3)ccc21. The number of hydrogen-bond donors (Lipinski definition) is 0. The molecule has 2 aliphatic rings. The Balaban J connectivity index is 1.43. The number of ether oxygens (including phenoxy) is 1. The molecule has 0 N–H and O–H groups in total. The van der Waals surface area contributed by atoms with Gasteiger partial charge in [0.05, 0.1) is 6.61 Å². The molecule has 0 bridgehead atoms. The summed E-state index contributed by atoms with van der Waals surface area (Å²) in [6.07, 6.45) is 6.46. The highest BCUT2D eigenvalue weighted by atomic mass is 16.5. The minimum atomic E-state index is 0.840. The normalized spacial score (nSPS) is 18.8. The van der Waals surface area contributed by atoms with Crippen molar-refractivity contribution in [3.05, 3.63) is 23.8 Å². The van der Waals surface area contributed by atoms with Crippen LogP contribution in [0.3, 0.4) is 0 Å². The number of likely N-dealkylation sites (N-methyl/N-ethyl adjacent to an activating group) is 1. The summed E-state index contributed by atoms with van der Waals surface area (Å²) in [6.45, 7) is 9.08. The Hall–Kier alpha value is -1.22. The quantitative estimate of drug-likeness (QED) is 0.747. The van der Waals surface area contributed by atoms with E-state index in [-0.39, 0.29) is 0 Å². The number of anilines is 1. The maximum atomic E-state index is 5.95. The molecule has 21 heavy (non-hydrogen) atoms. The van der Waals surface area contributed by atoms with E-state index in [2.05, 4.69) is 34.9 Å². The minimum Gasteiger partial charge on any atom is -0.494 e. The Morgan fingerprint density at radius 2 is 1.95 bits per heavy atom. The van der Waals surface area contributed by atoms with Gasteiger partial charge in [0.1, 0.15) is 5.75 Å². The lowest BCUT2D eigenvalue weighted by Crippen LogP contribution is -2.31. The smallest absolute Gasteiger partial charge is 0.119 e. The second-order valence-corrected chi connectivity index (χ2v) is 6.22. The molecule has 2 aliphatic heterocycles. The number of rotatable bonds is 6. The van der Waals surface area contributed by atoms with Gasteiger partial charge in [-0.25, -0.2) is 0 Å². The lowest BCUT2D eigenvalue weighted by molar-refractivity contribution is 0.205. The Bertz CT molecular complexity index is 455. The van der Waals surface area contributed by atoms with Gasteiger partial charge < -0.3 is 14.5 Å². The van der Waals surface area contributed by atoms with Crippen LogP contribution in [-0.2, 0) is 6.42 Å². The molecule has 1 saturated heterocycles. The fraction of sp³-hybridized carbons (Fsp3) is 0.667. The van der Waals surface area contributed by atoms with Crippen molar-refractivity contribution >= 4 is 5.69 Å². The Labute approximate surface area is 128 Å². The average molecular weight is 288 g/mol. The summed E-state index contributed by atoms with van der Waals surface area (Å²) in [5.74, 6) is 1.05. The summed E-state index contributed by atoms with van der Waals surface area (Å²) < 4.78 is 5.95. The second-order valence-electron chi connectivity index (χ2n) is 6.22. The molecule has 3 rings (SSSR count). The maximum absolute atomic E-state index is 5.95. The van der Waals surface area contributed by atoms with E-state index in [0.29, 0.717) is 0 Å². The fourth-order valence-corrected chi connectivity index (χ4v) is 3.53. The van der Waals surface area contributed by atoms with Gasteiger partial charge in [-0.3, -0.25) is 0 Å². The Morgan fingerprint density at radius 1 is 1.10 bits per heavy atom. The molecule has 0 unspecified atom stereocenters. The predicted octanol–water partition coefficient (Wildman–Crippen LogP) is 3.32. The molecule has 1 aromatic carbocycles. The number of nitrogens with zero attached hydrogens (tertiary/aromatic N) is 2. The van der Waals surface area contributed by atoms with Crippen LogP contribution in [0.15, 0.2) is 18.2 Å². The Morgan fingerprint density at radius 3 is 2.76 bits per heavy atom. The standard InChI is InChI=1S/C18H28N2O/c1-2-20-13-9-16-15-17(7-8-18(16)20)21-14-6-12-19-10-4-3-5-11-19/h7-8,15H,2-6,9-14H2,1H3. The van der Waals surface area contributed by atoms with Gasteiger partial charge in [-0.2, -0.15) is 0 Å². The van der Waals surface area contributed by atoms with Crippen LogP contribution < -0.4 is 9.64 Å². The Kier molecular flexibility index (Phi) is 5.02. The van der Waals surface area contributed by atoms with Crippen molar-refractivity contribution in [1.82, 2.24) is 4.90 Å². The molecule has 0 spiro atoms. The second kappa shape index (κ2) is 7.17. The van der Waals surface area contributed by atoms with E-state index in [9.17, 15) is 0 Å². The summed E-state index contributed by atoms with van der Waals surface area (Å²) in [5, 5.41) is 0. The number of piperidine rings is 1. The third-order valence-corrected chi connectivity index (χ3v) is 4.76. The molecule has 3 nitrogen and oxygen atoms in total. The first kappa shape index (κ1) is 14.7. The molecular formula is C18H28N2O. The van der Waals surface area contributed by atoms with Gasteiger partial charge in [0.2, 0.25) is 0 Å². The van der Waals surface area contributed by atoms with E-state index in [1.807, 2.05) is 0 Å². The van der Waals surface area contributed by atoms with E-state index < -0.39 is 0 Å². The van der Waals surface area contributed by atoms with E-state index in [0.717, 1.165) is 38.3 Å². The highest BCUT2D eigenvalue weighted by Gasteiger charge is 2.17. The molecular weight excluding hydrogens is 260 g/mol. The molecule has 1 fully saturated rings. The molecule has 1 aromatic rings. The van der Waals surface area contributed by atoms with Gasteiger partial charge in [0.15, 0.2) is 0 Å². The molecule has 116 valence electrons. The number of benzene rings is 1. The van der Waals surface area contributed by atoms with E-state index in [4.69, 9.17) is 4.74 Å². The lowest BCUT2D eigenvalue weighted by atomic mass is 10.1. The van der Waals surface area contributed by atoms with Crippen molar-refractivity contribution in [3.63, 3.8) is 0 Å². The zero-order valence-corrected chi connectivity index (χ0v) is 13.3. The van der Waals surface area contributed by atoms with Crippen LogP contribution >= 0.6 is 0 Å². The van der Waals surface area contributed by atoms with Gasteiger partial charge in [-0.15, -0.1) is 0 Å². The molecule has 0 atom stereocenters. The number of hydrogen-bond acceptors (Lipinski definition) is 3. The molecule has 0 radical (unpaired) electrons. The molecule has 3 heteroatoms. The molecule has 0 saturated carbocycles. The summed E-state index contributed by atoms with van der Waals surface area (Å²) in [7, 11) is 0. The summed E-state index contributed by atoms with van der Waals surface area (Å²) in [5.41, 5.74) is 2.85. The summed E-state index contributed by atoms with van der Waals surface area (Å²) in [6, 6.07) is 6.60. The summed E-state index contributed by atoms with van der Waals surface area (Å²) >= 11 is 0.